The summed E-state index contributed by atoms with van der Waals surface area (Å²) in [4.78, 5) is 47.3. The Morgan fingerprint density at radius 2 is 1.00 bits per heavy atom. The average molecular weight is 472 g/mol. The second-order valence-corrected chi connectivity index (χ2v) is 7.02. The van der Waals surface area contributed by atoms with Gasteiger partial charge in [0, 0.05) is 13.1 Å². The Labute approximate surface area is 197 Å². The van der Waals surface area contributed by atoms with Crippen molar-refractivity contribution in [1.82, 2.24) is 10.6 Å². The summed E-state index contributed by atoms with van der Waals surface area (Å²) in [7, 11) is 2.50. The quantitative estimate of drug-likeness (QED) is 0.374. The zero-order valence-corrected chi connectivity index (χ0v) is 19.1. The molecule has 0 aromatic heterocycles. The summed E-state index contributed by atoms with van der Waals surface area (Å²) < 4.78 is 19.7. The molecule has 0 aliphatic heterocycles. The number of nitrogens with one attached hydrogen (secondary N) is 2. The minimum absolute atomic E-state index is 0.124. The first-order valence-corrected chi connectivity index (χ1v) is 10.7. The molecule has 0 heterocycles. The summed E-state index contributed by atoms with van der Waals surface area (Å²) in [6.07, 6.45) is 1.75. The topological polar surface area (TPSA) is 129 Å². The molecule has 0 fully saturated rings. The third kappa shape index (κ3) is 8.45. The molecular weight excluding hydrogens is 444 g/mol. The summed E-state index contributed by atoms with van der Waals surface area (Å²) in [5.41, 5.74) is 0.333. The number of hydrogen-bond donors (Lipinski definition) is 2. The molecule has 2 N–H and O–H groups in total. The van der Waals surface area contributed by atoms with E-state index in [1.165, 1.54) is 38.5 Å². The molecule has 2 amide bonds. The first-order chi connectivity index (χ1) is 16.5. The minimum atomic E-state index is -0.659. The average Bonchev–Trinajstić information content (AvgIpc) is 2.85. The van der Waals surface area contributed by atoms with Gasteiger partial charge in [-0.25, -0.2) is 19.2 Å². The summed E-state index contributed by atoms with van der Waals surface area (Å²) in [6.45, 7) is 0.804. The van der Waals surface area contributed by atoms with Crippen LogP contribution in [0.2, 0.25) is 0 Å². The molecule has 0 bridgehead atoms. The van der Waals surface area contributed by atoms with Crippen molar-refractivity contribution in [2.75, 3.05) is 27.3 Å². The summed E-state index contributed by atoms with van der Waals surface area (Å²) in [5.74, 6) is -0.930. The van der Waals surface area contributed by atoms with E-state index in [0.717, 1.165) is 12.8 Å². The number of methoxy groups -OCH3 is 2. The van der Waals surface area contributed by atoms with E-state index in [0.29, 0.717) is 25.9 Å². The maximum atomic E-state index is 11.9. The lowest BCUT2D eigenvalue weighted by molar-refractivity contribution is 0.0588. The third-order valence-electron chi connectivity index (χ3n) is 4.63. The van der Waals surface area contributed by atoms with E-state index < -0.39 is 24.1 Å². The van der Waals surface area contributed by atoms with Gasteiger partial charge in [-0.2, -0.15) is 0 Å². The van der Waals surface area contributed by atoms with Gasteiger partial charge in [0.1, 0.15) is 22.6 Å². The SMILES string of the molecule is COC(=O)c1ccccc1OC(=O)NCCCCCCNC(=O)Oc1ccccc1C(=O)OC. The van der Waals surface area contributed by atoms with Crippen molar-refractivity contribution >= 4 is 24.1 Å². The van der Waals surface area contributed by atoms with Gasteiger partial charge in [-0.3, -0.25) is 0 Å². The molecule has 0 saturated heterocycles. The number of carbonyl (C=O) groups is 4. The number of carbonyl (C=O) groups excluding carboxylic acids is 4. The van der Waals surface area contributed by atoms with Crippen molar-refractivity contribution in [3.63, 3.8) is 0 Å². The number of unbranched alkanes of at least 4 members (excludes halogenated alkanes) is 3. The molecule has 0 radical (unpaired) electrons. The Bertz CT molecular complexity index is 913. The molecule has 10 heteroatoms. The predicted octanol–water partition coefficient (Wildman–Crippen LogP) is 3.70. The monoisotopic (exact) mass is 472 g/mol. The van der Waals surface area contributed by atoms with Gasteiger partial charge in [0.25, 0.3) is 0 Å². The van der Waals surface area contributed by atoms with Gasteiger partial charge in [-0.05, 0) is 37.1 Å². The number of esters is 2. The lowest BCUT2D eigenvalue weighted by Crippen LogP contribution is -2.29. The molecule has 0 unspecified atom stereocenters. The van der Waals surface area contributed by atoms with Gasteiger partial charge in [0.05, 0.1) is 14.2 Å². The van der Waals surface area contributed by atoms with Gasteiger partial charge in [0.2, 0.25) is 0 Å². The van der Waals surface area contributed by atoms with Crippen molar-refractivity contribution in [2.24, 2.45) is 0 Å². The Kier molecular flexibility index (Phi) is 10.9. The lowest BCUT2D eigenvalue weighted by atomic mass is 10.2. The van der Waals surface area contributed by atoms with Crippen LogP contribution < -0.4 is 20.1 Å². The highest BCUT2D eigenvalue weighted by atomic mass is 16.6. The normalized spacial score (nSPS) is 10.1. The van der Waals surface area contributed by atoms with Gasteiger partial charge in [0.15, 0.2) is 0 Å². The van der Waals surface area contributed by atoms with E-state index in [9.17, 15) is 19.2 Å². The van der Waals surface area contributed by atoms with E-state index in [1.807, 2.05) is 0 Å². The second kappa shape index (κ2) is 14.1. The van der Waals surface area contributed by atoms with Crippen LogP contribution in [0.5, 0.6) is 11.5 Å². The van der Waals surface area contributed by atoms with Crippen molar-refractivity contribution in [3.05, 3.63) is 59.7 Å². The summed E-state index contributed by atoms with van der Waals surface area (Å²) >= 11 is 0. The number of ether oxygens (including phenoxy) is 4. The molecular formula is C24H28N2O8. The fourth-order valence-electron chi connectivity index (χ4n) is 2.92. The first kappa shape index (κ1) is 26.2. The maximum absolute atomic E-state index is 11.9. The molecule has 0 spiro atoms. The molecule has 0 aliphatic rings. The number of rotatable bonds is 11. The van der Waals surface area contributed by atoms with Gasteiger partial charge in [-0.15, -0.1) is 0 Å². The fourth-order valence-corrected chi connectivity index (χ4v) is 2.92. The second-order valence-electron chi connectivity index (χ2n) is 7.02. The fraction of sp³-hybridized carbons (Fsp3) is 0.333. The first-order valence-electron chi connectivity index (χ1n) is 10.7. The molecule has 2 aromatic carbocycles. The molecule has 0 aliphatic carbocycles. The van der Waals surface area contributed by atoms with Crippen LogP contribution in [0.1, 0.15) is 46.4 Å². The molecule has 0 saturated carbocycles. The summed E-state index contributed by atoms with van der Waals surface area (Å²) in [5, 5.41) is 5.26. The number of hydrogen-bond acceptors (Lipinski definition) is 8. The maximum Gasteiger partial charge on any atom is 0.412 e. The van der Waals surface area contributed by atoms with E-state index in [1.54, 1.807) is 24.3 Å². The highest BCUT2D eigenvalue weighted by Crippen LogP contribution is 2.19. The van der Waals surface area contributed by atoms with Crippen LogP contribution in [0, 0.1) is 0 Å². The Morgan fingerprint density at radius 3 is 1.38 bits per heavy atom. The van der Waals surface area contributed by atoms with Crippen molar-refractivity contribution < 1.29 is 38.1 Å². The molecule has 0 atom stereocenters. The Morgan fingerprint density at radius 1 is 0.618 bits per heavy atom. The van der Waals surface area contributed by atoms with E-state index in [4.69, 9.17) is 9.47 Å². The molecule has 10 nitrogen and oxygen atoms in total. The Hall–Kier alpha value is -4.08. The number of amides is 2. The van der Waals surface area contributed by atoms with E-state index in [2.05, 4.69) is 20.1 Å². The minimum Gasteiger partial charge on any atom is -0.465 e. The molecule has 34 heavy (non-hydrogen) atoms. The predicted molar refractivity (Wildman–Crippen MR) is 122 cm³/mol. The zero-order chi connectivity index (χ0) is 24.8. The largest absolute Gasteiger partial charge is 0.465 e. The highest BCUT2D eigenvalue weighted by molar-refractivity contribution is 5.94. The van der Waals surface area contributed by atoms with E-state index >= 15 is 0 Å². The highest BCUT2D eigenvalue weighted by Gasteiger charge is 2.16. The van der Waals surface area contributed by atoms with Crippen LogP contribution in [0.25, 0.3) is 0 Å². The van der Waals surface area contributed by atoms with Crippen LogP contribution in [0.4, 0.5) is 9.59 Å². The van der Waals surface area contributed by atoms with Crippen LogP contribution >= 0.6 is 0 Å². The third-order valence-corrected chi connectivity index (χ3v) is 4.63. The van der Waals surface area contributed by atoms with Crippen LogP contribution in [-0.2, 0) is 9.47 Å². The smallest absolute Gasteiger partial charge is 0.412 e. The van der Waals surface area contributed by atoms with Gasteiger partial charge in [-0.1, -0.05) is 37.1 Å². The molecule has 182 valence electrons. The van der Waals surface area contributed by atoms with Crippen LogP contribution in [-0.4, -0.2) is 51.4 Å². The Balaban J connectivity index is 1.59. The van der Waals surface area contributed by atoms with E-state index in [-0.39, 0.29) is 22.6 Å². The van der Waals surface area contributed by atoms with Crippen molar-refractivity contribution in [2.45, 2.75) is 25.7 Å². The number of benzene rings is 2. The van der Waals surface area contributed by atoms with Crippen LogP contribution in [0.15, 0.2) is 48.5 Å². The van der Waals surface area contributed by atoms with Gasteiger partial charge >= 0.3 is 24.1 Å². The molecule has 2 aromatic rings. The zero-order valence-electron chi connectivity index (χ0n) is 19.1. The van der Waals surface area contributed by atoms with Crippen molar-refractivity contribution in [3.8, 4) is 11.5 Å². The van der Waals surface area contributed by atoms with Crippen molar-refractivity contribution in [1.29, 1.82) is 0 Å². The standard InChI is InChI=1S/C24H28N2O8/c1-31-21(27)17-11-5-7-13-19(17)33-23(29)25-15-9-3-4-10-16-26-24(30)34-20-14-8-6-12-18(20)22(28)32-2/h5-8,11-14H,3-4,9-10,15-16H2,1-2H3,(H,25,29)(H,26,30). The summed E-state index contributed by atoms with van der Waals surface area (Å²) in [6, 6.07) is 12.6. The lowest BCUT2D eigenvalue weighted by Gasteiger charge is -2.10. The van der Waals surface area contributed by atoms with Gasteiger partial charge < -0.3 is 29.6 Å². The van der Waals surface area contributed by atoms with Crippen LogP contribution in [0.3, 0.4) is 0 Å². The number of para-hydroxylation sites is 2. The molecule has 2 rings (SSSR count).